The summed E-state index contributed by atoms with van der Waals surface area (Å²) >= 11 is 0. The molecule has 0 radical (unpaired) electrons. The molecule has 0 aromatic carbocycles. The number of nitrogens with two attached hydrogens (primary N) is 1. The number of aliphatic carboxylic acids is 1. The van der Waals surface area contributed by atoms with Gasteiger partial charge in [0.1, 0.15) is 0 Å². The van der Waals surface area contributed by atoms with Gasteiger partial charge in [0.2, 0.25) is 5.91 Å². The Morgan fingerprint density at radius 2 is 1.57 bits per heavy atom. The summed E-state index contributed by atoms with van der Waals surface area (Å²) in [6.07, 6.45) is 0.243. The third-order valence-electron chi connectivity index (χ3n) is 1.25. The number of rotatable bonds is 2. The van der Waals surface area contributed by atoms with E-state index in [1.165, 1.54) is 0 Å². The summed E-state index contributed by atoms with van der Waals surface area (Å²) < 4.78 is 0. The highest BCUT2D eigenvalue weighted by Crippen LogP contribution is 2.17. The first-order valence-corrected chi connectivity index (χ1v) is 4.57. The zero-order valence-electron chi connectivity index (χ0n) is 9.63. The average molecular weight is 203 g/mol. The van der Waals surface area contributed by atoms with Gasteiger partial charge in [0.25, 0.3) is 0 Å². The molecule has 0 spiro atoms. The molecule has 0 atom stereocenters. The summed E-state index contributed by atoms with van der Waals surface area (Å²) in [5.41, 5.74) is 4.72. The Labute approximate surface area is 85.5 Å². The first kappa shape index (κ1) is 15.4. The molecule has 0 aliphatic rings. The van der Waals surface area contributed by atoms with Gasteiger partial charge in [-0.05, 0) is 5.41 Å². The van der Waals surface area contributed by atoms with Crippen LogP contribution in [0.3, 0.4) is 0 Å². The van der Waals surface area contributed by atoms with E-state index >= 15 is 0 Å². The number of carboxylic acids is 1. The molecule has 0 aromatic rings. The fourth-order valence-corrected chi connectivity index (χ4v) is 0.454. The molecule has 0 saturated carbocycles. The molecule has 4 heteroatoms. The molecule has 84 valence electrons. The van der Waals surface area contributed by atoms with Crippen molar-refractivity contribution in [1.29, 1.82) is 0 Å². The Hall–Kier alpha value is -1.06. The topological polar surface area (TPSA) is 80.4 Å². The second kappa shape index (κ2) is 6.40. The molecule has 3 N–H and O–H groups in total. The fourth-order valence-electron chi connectivity index (χ4n) is 0.454. The third-order valence-corrected chi connectivity index (χ3v) is 1.25. The predicted molar refractivity (Wildman–Crippen MR) is 55.7 cm³/mol. The van der Waals surface area contributed by atoms with E-state index in [2.05, 4.69) is 0 Å². The van der Waals surface area contributed by atoms with Crippen molar-refractivity contribution in [3.8, 4) is 0 Å². The van der Waals surface area contributed by atoms with Gasteiger partial charge >= 0.3 is 5.97 Å². The lowest BCUT2D eigenvalue weighted by molar-refractivity contribution is -0.139. The monoisotopic (exact) mass is 203 g/mol. The maximum atomic E-state index is 10.0. The fraction of sp³-hybridized carbons (Fsp3) is 0.800. The smallest absolute Gasteiger partial charge is 0.303 e. The normalized spacial score (nSPS) is 10.4. The van der Waals surface area contributed by atoms with Crippen molar-refractivity contribution in [2.75, 3.05) is 0 Å². The molecule has 0 fully saturated rings. The van der Waals surface area contributed by atoms with Crippen molar-refractivity contribution in [3.63, 3.8) is 0 Å². The minimum Gasteiger partial charge on any atom is -0.481 e. The molecule has 14 heavy (non-hydrogen) atoms. The van der Waals surface area contributed by atoms with Crippen LogP contribution < -0.4 is 5.73 Å². The van der Waals surface area contributed by atoms with Gasteiger partial charge in [-0.1, -0.05) is 34.6 Å². The van der Waals surface area contributed by atoms with E-state index in [1.807, 2.05) is 20.8 Å². The first-order chi connectivity index (χ1) is 6.06. The molecular formula is C10H21NO3. The number of primary amides is 1. The lowest BCUT2D eigenvalue weighted by Gasteiger charge is -2.13. The molecular weight excluding hydrogens is 182 g/mol. The van der Waals surface area contributed by atoms with Gasteiger partial charge in [-0.2, -0.15) is 0 Å². The van der Waals surface area contributed by atoms with E-state index in [0.29, 0.717) is 0 Å². The first-order valence-electron chi connectivity index (χ1n) is 4.57. The standard InChI is InChI=1S/C6H12O2.C4H9NO/c1-6(2,3)4-5(7)8;1-3(2)4(5)6/h4H2,1-3H3,(H,7,8);3H,1-2H3,(H2,5,6). The molecule has 0 heterocycles. The zero-order valence-corrected chi connectivity index (χ0v) is 9.63. The number of hydrogen-bond donors (Lipinski definition) is 2. The molecule has 0 aliphatic heterocycles. The van der Waals surface area contributed by atoms with Crippen LogP contribution in [-0.2, 0) is 9.59 Å². The number of carbonyl (C=O) groups excluding carboxylic acids is 1. The van der Waals surface area contributed by atoms with Crippen molar-refractivity contribution in [2.24, 2.45) is 17.1 Å². The van der Waals surface area contributed by atoms with Crippen molar-refractivity contribution in [1.82, 2.24) is 0 Å². The highest BCUT2D eigenvalue weighted by atomic mass is 16.4. The minimum atomic E-state index is -0.725. The largest absolute Gasteiger partial charge is 0.481 e. The van der Waals surface area contributed by atoms with E-state index < -0.39 is 5.97 Å². The van der Waals surface area contributed by atoms with Gasteiger partial charge in [0.05, 0.1) is 6.42 Å². The summed E-state index contributed by atoms with van der Waals surface area (Å²) in [6, 6.07) is 0. The molecule has 4 nitrogen and oxygen atoms in total. The van der Waals surface area contributed by atoms with Crippen LogP contribution in [0.25, 0.3) is 0 Å². The summed E-state index contributed by atoms with van der Waals surface area (Å²) in [7, 11) is 0. The van der Waals surface area contributed by atoms with E-state index in [-0.39, 0.29) is 23.7 Å². The molecule has 0 aromatic heterocycles. The van der Waals surface area contributed by atoms with Gasteiger partial charge in [-0.25, -0.2) is 0 Å². The van der Waals surface area contributed by atoms with Gasteiger partial charge in [0, 0.05) is 5.92 Å². The van der Waals surface area contributed by atoms with Crippen LogP contribution in [0.1, 0.15) is 41.0 Å². The summed E-state index contributed by atoms with van der Waals surface area (Å²) in [6.45, 7) is 9.24. The molecule has 0 bridgehead atoms. The average Bonchev–Trinajstić information content (AvgIpc) is 1.81. The molecule has 0 unspecified atom stereocenters. The quantitative estimate of drug-likeness (QED) is 0.715. The maximum absolute atomic E-state index is 10.0. The van der Waals surface area contributed by atoms with E-state index in [0.717, 1.165) is 0 Å². The predicted octanol–water partition coefficient (Wildman–Crippen LogP) is 1.63. The Balaban J connectivity index is 0. The van der Waals surface area contributed by atoms with E-state index in [1.54, 1.807) is 13.8 Å². The van der Waals surface area contributed by atoms with Crippen molar-refractivity contribution in [2.45, 2.75) is 41.0 Å². The number of hydrogen-bond acceptors (Lipinski definition) is 2. The van der Waals surface area contributed by atoms with Crippen LogP contribution in [0.2, 0.25) is 0 Å². The Kier molecular flexibility index (Phi) is 7.05. The Morgan fingerprint density at radius 3 is 1.57 bits per heavy atom. The SMILES string of the molecule is CC(C)(C)CC(=O)O.CC(C)C(N)=O. The van der Waals surface area contributed by atoms with Crippen LogP contribution in [0, 0.1) is 11.3 Å². The van der Waals surface area contributed by atoms with Crippen LogP contribution in [0.5, 0.6) is 0 Å². The van der Waals surface area contributed by atoms with Gasteiger partial charge in [0.15, 0.2) is 0 Å². The molecule has 0 saturated heterocycles. The highest BCUT2D eigenvalue weighted by Gasteiger charge is 2.13. The third kappa shape index (κ3) is 17.1. The van der Waals surface area contributed by atoms with Gasteiger partial charge in [-0.3, -0.25) is 9.59 Å². The van der Waals surface area contributed by atoms with Gasteiger partial charge < -0.3 is 10.8 Å². The maximum Gasteiger partial charge on any atom is 0.303 e. The van der Waals surface area contributed by atoms with Crippen LogP contribution >= 0.6 is 0 Å². The zero-order chi connectivity index (χ0) is 11.9. The Bertz CT molecular complexity index is 192. The van der Waals surface area contributed by atoms with Gasteiger partial charge in [-0.15, -0.1) is 0 Å². The lowest BCUT2D eigenvalue weighted by Crippen LogP contribution is -2.17. The number of carbonyl (C=O) groups is 2. The number of carboxylic acid groups (broad SMARTS) is 1. The summed E-state index contributed by atoms with van der Waals surface area (Å²) in [5.74, 6) is -0.975. The minimum absolute atomic E-state index is 0.00926. The van der Waals surface area contributed by atoms with Crippen molar-refractivity contribution < 1.29 is 14.7 Å². The second-order valence-electron chi connectivity index (χ2n) is 4.69. The van der Waals surface area contributed by atoms with Crippen molar-refractivity contribution in [3.05, 3.63) is 0 Å². The van der Waals surface area contributed by atoms with E-state index in [4.69, 9.17) is 10.8 Å². The lowest BCUT2D eigenvalue weighted by atomic mass is 9.93. The molecule has 1 amide bonds. The number of amides is 1. The molecule has 0 rings (SSSR count). The summed E-state index contributed by atoms with van der Waals surface area (Å²) in [4.78, 5) is 19.9. The second-order valence-corrected chi connectivity index (χ2v) is 4.69. The highest BCUT2D eigenvalue weighted by molar-refractivity contribution is 5.75. The van der Waals surface area contributed by atoms with E-state index in [9.17, 15) is 9.59 Å². The van der Waals surface area contributed by atoms with Crippen LogP contribution in [0.4, 0.5) is 0 Å². The summed E-state index contributed by atoms with van der Waals surface area (Å²) in [5, 5.41) is 8.25. The van der Waals surface area contributed by atoms with Crippen LogP contribution in [0.15, 0.2) is 0 Å². The van der Waals surface area contributed by atoms with Crippen LogP contribution in [-0.4, -0.2) is 17.0 Å². The Morgan fingerprint density at radius 1 is 1.29 bits per heavy atom. The van der Waals surface area contributed by atoms with Crippen molar-refractivity contribution >= 4 is 11.9 Å². The molecule has 0 aliphatic carbocycles.